The van der Waals surface area contributed by atoms with Crippen LogP contribution in [0.1, 0.15) is 35.2 Å². The van der Waals surface area contributed by atoms with Gasteiger partial charge in [-0.2, -0.15) is 0 Å². The number of hydrogen-bond acceptors (Lipinski definition) is 8. The summed E-state index contributed by atoms with van der Waals surface area (Å²) in [6.45, 7) is 1.56. The van der Waals surface area contributed by atoms with Gasteiger partial charge in [0.05, 0.1) is 32.0 Å². The number of nitrogens with one attached hydrogen (secondary N) is 2. The minimum Gasteiger partial charge on any atom is -0.469 e. The van der Waals surface area contributed by atoms with Crippen LogP contribution in [0.3, 0.4) is 0 Å². The maximum atomic E-state index is 14.8. The van der Waals surface area contributed by atoms with Crippen LogP contribution in [0.2, 0.25) is 0 Å². The molecular weight excluding hydrogens is 552 g/mol. The van der Waals surface area contributed by atoms with Gasteiger partial charge in [-0.25, -0.2) is 4.79 Å². The number of fused-ring (bicyclic) bond motifs is 2. The highest BCUT2D eigenvalue weighted by Crippen LogP contribution is 2.61. The third-order valence-corrected chi connectivity index (χ3v) is 9.39. The molecule has 1 saturated heterocycles. The minimum absolute atomic E-state index is 0.0468. The second kappa shape index (κ2) is 10.4. The van der Waals surface area contributed by atoms with Gasteiger partial charge in [0.15, 0.2) is 5.78 Å². The van der Waals surface area contributed by atoms with Crippen LogP contribution in [0.25, 0.3) is 0 Å². The molecule has 0 radical (unpaired) electrons. The fraction of sp³-hybridized carbons (Fsp3) is 0.333. The number of hydrogen-bond donors (Lipinski definition) is 2. The van der Waals surface area contributed by atoms with E-state index in [2.05, 4.69) is 10.6 Å². The monoisotopic (exact) mass is 582 g/mol. The molecular formula is C33H30N2O8. The second-order valence-corrected chi connectivity index (χ2v) is 11.5. The maximum absolute atomic E-state index is 14.8. The first-order valence-corrected chi connectivity index (χ1v) is 14.0. The average Bonchev–Trinajstić information content (AvgIpc) is 3.34. The van der Waals surface area contributed by atoms with Crippen molar-refractivity contribution in [1.82, 2.24) is 10.6 Å². The highest BCUT2D eigenvalue weighted by atomic mass is 16.5. The number of Topliss-reactive ketones (excluding diaryl/α,β-unsaturated/α-hetero) is 1. The van der Waals surface area contributed by atoms with Crippen molar-refractivity contribution in [3.63, 3.8) is 0 Å². The summed E-state index contributed by atoms with van der Waals surface area (Å²) >= 11 is 0. The molecule has 1 heterocycles. The van der Waals surface area contributed by atoms with E-state index in [1.165, 1.54) is 20.3 Å². The molecule has 6 rings (SSSR count). The molecule has 0 unspecified atom stereocenters. The molecule has 7 atom stereocenters. The van der Waals surface area contributed by atoms with E-state index in [0.717, 1.165) is 0 Å². The predicted molar refractivity (Wildman–Crippen MR) is 151 cm³/mol. The van der Waals surface area contributed by atoms with E-state index in [9.17, 15) is 28.8 Å². The van der Waals surface area contributed by atoms with Crippen molar-refractivity contribution in [1.29, 1.82) is 0 Å². The van der Waals surface area contributed by atoms with Gasteiger partial charge in [-0.15, -0.1) is 0 Å². The fourth-order valence-electron chi connectivity index (χ4n) is 7.66. The Labute approximate surface area is 247 Å². The second-order valence-electron chi connectivity index (χ2n) is 11.5. The summed E-state index contributed by atoms with van der Waals surface area (Å²) in [6.07, 6.45) is 1.38. The Morgan fingerprint density at radius 2 is 1.51 bits per heavy atom. The van der Waals surface area contributed by atoms with Crippen LogP contribution in [-0.4, -0.2) is 55.2 Å². The van der Waals surface area contributed by atoms with Crippen LogP contribution in [0.5, 0.6) is 0 Å². The van der Waals surface area contributed by atoms with E-state index in [-0.39, 0.29) is 17.6 Å². The number of imide groups is 1. The molecule has 1 fully saturated rings. The Hall–Kier alpha value is -4.86. The highest BCUT2D eigenvalue weighted by Gasteiger charge is 2.67. The van der Waals surface area contributed by atoms with Crippen LogP contribution in [0.4, 0.5) is 0 Å². The minimum atomic E-state index is -1.69. The Morgan fingerprint density at radius 1 is 0.884 bits per heavy atom. The van der Waals surface area contributed by atoms with Gasteiger partial charge < -0.3 is 14.8 Å². The molecule has 220 valence electrons. The first kappa shape index (κ1) is 28.3. The van der Waals surface area contributed by atoms with E-state index in [1.54, 1.807) is 67.6 Å². The Kier molecular flexibility index (Phi) is 6.87. The van der Waals surface area contributed by atoms with Gasteiger partial charge in [0.2, 0.25) is 11.8 Å². The molecule has 3 aliphatic carbocycles. The zero-order valence-corrected chi connectivity index (χ0v) is 23.8. The SMILES string of the molecule is COC(=O)C1=C[C@@H](C(=O)OC)[C@@H]2C3=C(C(=O)[C@@]2(C)NC(=O)c2ccccc2)[C@H](c2ccccc2)[C@@H]2C(=O)NC(=O)[C@@H]2[C@@H]3C1. The number of amides is 3. The van der Waals surface area contributed by atoms with Crippen molar-refractivity contribution < 1.29 is 38.2 Å². The van der Waals surface area contributed by atoms with E-state index >= 15 is 0 Å². The molecule has 2 aromatic carbocycles. The molecule has 0 aromatic heterocycles. The lowest BCUT2D eigenvalue weighted by Crippen LogP contribution is -2.57. The van der Waals surface area contributed by atoms with Crippen molar-refractivity contribution in [3.05, 3.63) is 94.6 Å². The molecule has 10 heteroatoms. The Morgan fingerprint density at radius 3 is 2.14 bits per heavy atom. The van der Waals surface area contributed by atoms with Crippen LogP contribution in [0.15, 0.2) is 83.5 Å². The lowest BCUT2D eigenvalue weighted by molar-refractivity contribution is -0.146. The number of carbonyl (C=O) groups is 6. The summed E-state index contributed by atoms with van der Waals surface area (Å²) < 4.78 is 10.2. The number of ether oxygens (including phenoxy) is 2. The Balaban J connectivity index is 1.63. The van der Waals surface area contributed by atoms with Crippen molar-refractivity contribution in [2.24, 2.45) is 29.6 Å². The van der Waals surface area contributed by atoms with Crippen LogP contribution < -0.4 is 10.6 Å². The largest absolute Gasteiger partial charge is 0.469 e. The topological polar surface area (TPSA) is 145 Å². The summed E-state index contributed by atoms with van der Waals surface area (Å²) in [7, 11) is 2.41. The summed E-state index contributed by atoms with van der Waals surface area (Å²) in [5.74, 6) is -9.14. The average molecular weight is 583 g/mol. The number of methoxy groups -OCH3 is 2. The van der Waals surface area contributed by atoms with Crippen LogP contribution in [0, 0.1) is 29.6 Å². The van der Waals surface area contributed by atoms with Gasteiger partial charge in [0.1, 0.15) is 5.54 Å². The van der Waals surface area contributed by atoms with E-state index in [4.69, 9.17) is 9.47 Å². The quantitative estimate of drug-likeness (QED) is 0.404. The van der Waals surface area contributed by atoms with Crippen molar-refractivity contribution in [2.75, 3.05) is 14.2 Å². The van der Waals surface area contributed by atoms with Crippen molar-refractivity contribution in [2.45, 2.75) is 24.8 Å². The van der Waals surface area contributed by atoms with Crippen LogP contribution in [-0.2, 0) is 33.4 Å². The first-order valence-electron chi connectivity index (χ1n) is 14.0. The number of rotatable bonds is 5. The molecule has 0 spiro atoms. The lowest BCUT2D eigenvalue weighted by Gasteiger charge is -2.40. The zero-order valence-electron chi connectivity index (χ0n) is 23.8. The molecule has 2 aromatic rings. The van der Waals surface area contributed by atoms with E-state index < -0.39 is 76.5 Å². The van der Waals surface area contributed by atoms with Gasteiger partial charge >= 0.3 is 11.9 Å². The number of esters is 2. The summed E-state index contributed by atoms with van der Waals surface area (Å²) in [5.41, 5.74) is 0.134. The molecule has 0 saturated carbocycles. The van der Waals surface area contributed by atoms with Crippen molar-refractivity contribution in [3.8, 4) is 0 Å². The highest BCUT2D eigenvalue weighted by molar-refractivity contribution is 6.15. The van der Waals surface area contributed by atoms with Gasteiger partial charge in [-0.3, -0.25) is 29.3 Å². The summed E-state index contributed by atoms with van der Waals surface area (Å²) in [5, 5.41) is 5.37. The van der Waals surface area contributed by atoms with E-state index in [1.807, 2.05) is 0 Å². The van der Waals surface area contributed by atoms with E-state index in [0.29, 0.717) is 16.7 Å². The summed E-state index contributed by atoms with van der Waals surface area (Å²) in [6, 6.07) is 17.3. The third-order valence-electron chi connectivity index (χ3n) is 9.39. The van der Waals surface area contributed by atoms with Gasteiger partial charge in [0.25, 0.3) is 5.91 Å². The van der Waals surface area contributed by atoms with Gasteiger partial charge in [-0.1, -0.05) is 60.2 Å². The normalized spacial score (nSPS) is 30.9. The molecule has 10 nitrogen and oxygen atoms in total. The third kappa shape index (κ3) is 4.23. The molecule has 3 amide bonds. The molecule has 43 heavy (non-hydrogen) atoms. The van der Waals surface area contributed by atoms with Crippen molar-refractivity contribution >= 4 is 35.4 Å². The molecule has 0 bridgehead atoms. The predicted octanol–water partition coefficient (Wildman–Crippen LogP) is 2.27. The smallest absolute Gasteiger partial charge is 0.333 e. The standard InChI is InChI=1S/C33H30N2O8/c1-33(35-28(37)17-12-8-5-9-13-17)26-20(32(41)43-3)15-18(31(40)42-2)14-19-22(26)24(27(33)36)21(16-10-6-4-7-11-16)25-23(19)29(38)34-30(25)39/h4-13,15,19-21,23,25-26H,14H2,1-3H3,(H,35,37)(H,34,38,39)/t19-,20-,21+,23-,25+,26-,33+/m1/s1. The Bertz CT molecular complexity index is 1630. The molecule has 4 aliphatic rings. The molecule has 2 N–H and O–H groups in total. The zero-order chi connectivity index (χ0) is 30.6. The maximum Gasteiger partial charge on any atom is 0.333 e. The first-order chi connectivity index (χ1) is 20.6. The number of carbonyl (C=O) groups excluding carboxylic acids is 6. The van der Waals surface area contributed by atoms with Crippen LogP contribution >= 0.6 is 0 Å². The summed E-state index contributed by atoms with van der Waals surface area (Å²) in [4.78, 5) is 81.9. The lowest BCUT2D eigenvalue weighted by atomic mass is 9.61. The number of ketones is 1. The van der Waals surface area contributed by atoms with Gasteiger partial charge in [-0.05, 0) is 37.0 Å². The fourth-order valence-corrected chi connectivity index (χ4v) is 7.66. The molecule has 1 aliphatic heterocycles. The van der Waals surface area contributed by atoms with Gasteiger partial charge in [0, 0.05) is 28.5 Å². The number of benzene rings is 2.